The van der Waals surface area contributed by atoms with Crippen molar-refractivity contribution in [2.75, 3.05) is 13.2 Å². The molecule has 1 heterocycles. The highest BCUT2D eigenvalue weighted by atomic mass is 35.5. The molecule has 1 spiro atoms. The second-order valence-electron chi connectivity index (χ2n) is 6.48. The highest BCUT2D eigenvalue weighted by Gasteiger charge is 2.42. The molecule has 0 bridgehead atoms. The van der Waals surface area contributed by atoms with Gasteiger partial charge in [0.25, 0.3) is 0 Å². The van der Waals surface area contributed by atoms with Gasteiger partial charge in [0.05, 0.1) is 13.2 Å². The highest BCUT2D eigenvalue weighted by Crippen LogP contribution is 2.39. The van der Waals surface area contributed by atoms with Gasteiger partial charge in [-0.2, -0.15) is 0 Å². The van der Waals surface area contributed by atoms with Crippen molar-refractivity contribution in [3.05, 3.63) is 53.1 Å². The van der Waals surface area contributed by atoms with E-state index in [4.69, 9.17) is 30.8 Å². The summed E-state index contributed by atoms with van der Waals surface area (Å²) in [4.78, 5) is 22.8. The molecule has 0 radical (unpaired) electrons. The number of carbonyl (C=O) groups excluding carboxylic acids is 1. The van der Waals surface area contributed by atoms with Crippen molar-refractivity contribution in [3.8, 4) is 0 Å². The van der Waals surface area contributed by atoms with Gasteiger partial charge < -0.3 is 9.47 Å². The van der Waals surface area contributed by atoms with E-state index in [2.05, 4.69) is 6.58 Å². The fourth-order valence-corrected chi connectivity index (χ4v) is 3.23. The van der Waals surface area contributed by atoms with Crippen molar-refractivity contribution in [2.24, 2.45) is 0 Å². The van der Waals surface area contributed by atoms with Gasteiger partial charge >= 0.3 is 5.97 Å². The van der Waals surface area contributed by atoms with Crippen LogP contribution in [-0.2, 0) is 24.0 Å². The largest absolute Gasteiger partial charge is 0.463 e. The molecule has 0 aromatic heterocycles. The van der Waals surface area contributed by atoms with Gasteiger partial charge in [0.1, 0.15) is 6.10 Å². The maximum atomic E-state index is 11.5. The maximum absolute atomic E-state index is 11.5. The summed E-state index contributed by atoms with van der Waals surface area (Å²) in [7, 11) is 0. The minimum absolute atomic E-state index is 0.292. The van der Waals surface area contributed by atoms with Crippen LogP contribution in [0.4, 0.5) is 0 Å². The molecule has 140 valence electrons. The number of benzene rings is 1. The highest BCUT2D eigenvalue weighted by molar-refractivity contribution is 6.30. The Morgan fingerprint density at radius 3 is 2.62 bits per heavy atom. The van der Waals surface area contributed by atoms with E-state index in [0.29, 0.717) is 43.9 Å². The fourth-order valence-electron chi connectivity index (χ4n) is 3.11. The fraction of sp³-hybridized carbons (Fsp3) is 0.450. The van der Waals surface area contributed by atoms with Crippen molar-refractivity contribution >= 4 is 23.1 Å². The van der Waals surface area contributed by atoms with Crippen LogP contribution in [0.15, 0.2) is 42.5 Å². The van der Waals surface area contributed by atoms with Crippen LogP contribution >= 0.6 is 11.6 Å². The van der Waals surface area contributed by atoms with E-state index >= 15 is 0 Å². The van der Waals surface area contributed by atoms with E-state index in [1.54, 1.807) is 13.0 Å². The number of ether oxygens (including phenoxy) is 2. The number of allylic oxidation sites excluding steroid dienone is 1. The quantitative estimate of drug-likeness (QED) is 0.440. The summed E-state index contributed by atoms with van der Waals surface area (Å²) >= 11 is 5.92. The molecule has 0 amide bonds. The van der Waals surface area contributed by atoms with E-state index in [-0.39, 0.29) is 12.1 Å². The summed E-state index contributed by atoms with van der Waals surface area (Å²) in [6, 6.07) is 7.41. The molecule has 1 saturated carbocycles. The van der Waals surface area contributed by atoms with Gasteiger partial charge in [-0.1, -0.05) is 35.9 Å². The first-order valence-corrected chi connectivity index (χ1v) is 9.18. The Bertz CT molecular complexity index is 675. The molecule has 1 aliphatic carbocycles. The lowest BCUT2D eigenvalue weighted by atomic mass is 9.89. The maximum Gasteiger partial charge on any atom is 0.330 e. The Balaban J connectivity index is 1.53. The van der Waals surface area contributed by atoms with Crippen LogP contribution in [0.25, 0.3) is 5.57 Å². The van der Waals surface area contributed by atoms with Crippen molar-refractivity contribution in [2.45, 2.75) is 44.5 Å². The smallest absolute Gasteiger partial charge is 0.330 e. The number of esters is 1. The number of hydrogen-bond donors (Lipinski definition) is 0. The molecular weight excluding hydrogens is 356 g/mol. The molecule has 1 atom stereocenters. The summed E-state index contributed by atoms with van der Waals surface area (Å²) in [6.45, 7) is 6.63. The van der Waals surface area contributed by atoms with Gasteiger partial charge in [0, 0.05) is 23.9 Å². The Kier molecular flexibility index (Phi) is 6.14. The Labute approximate surface area is 158 Å². The molecule has 3 rings (SSSR count). The van der Waals surface area contributed by atoms with Gasteiger partial charge in [0.2, 0.25) is 5.79 Å². The predicted molar refractivity (Wildman–Crippen MR) is 98.3 cm³/mol. The summed E-state index contributed by atoms with van der Waals surface area (Å²) in [6.07, 6.45) is 3.91. The molecule has 0 N–H and O–H groups in total. The van der Waals surface area contributed by atoms with Crippen molar-refractivity contribution in [3.63, 3.8) is 0 Å². The lowest BCUT2D eigenvalue weighted by Crippen LogP contribution is -2.46. The molecule has 1 aromatic rings. The van der Waals surface area contributed by atoms with Gasteiger partial charge in [-0.3, -0.25) is 0 Å². The van der Waals surface area contributed by atoms with Gasteiger partial charge in [0.15, 0.2) is 0 Å². The van der Waals surface area contributed by atoms with Crippen LogP contribution in [0.2, 0.25) is 5.02 Å². The molecule has 1 aliphatic heterocycles. The zero-order valence-electron chi connectivity index (χ0n) is 14.8. The Morgan fingerprint density at radius 1 is 1.35 bits per heavy atom. The molecule has 5 nitrogen and oxygen atoms in total. The predicted octanol–water partition coefficient (Wildman–Crippen LogP) is 4.46. The second kappa shape index (κ2) is 8.35. The zero-order valence-corrected chi connectivity index (χ0v) is 15.6. The lowest BCUT2D eigenvalue weighted by Gasteiger charge is -2.41. The molecule has 1 aromatic carbocycles. The molecule has 1 saturated heterocycles. The van der Waals surface area contributed by atoms with Crippen LogP contribution in [0.1, 0.15) is 38.2 Å². The third-order valence-corrected chi connectivity index (χ3v) is 4.93. The van der Waals surface area contributed by atoms with Gasteiger partial charge in [-0.15, -0.1) is 0 Å². The van der Waals surface area contributed by atoms with Crippen LogP contribution < -0.4 is 0 Å². The zero-order chi connectivity index (χ0) is 18.6. The average molecular weight is 379 g/mol. The standard InChI is InChI=1S/C20H23ClO5/c1-3-23-19(22)12-15-8-10-20(11-9-15)24-13-18(25-26-20)14(2)16-4-6-17(21)7-5-16/h4-7,12,18H,2-3,8-11,13H2,1H3. The van der Waals surface area contributed by atoms with Crippen LogP contribution in [0.5, 0.6) is 0 Å². The Hall–Kier alpha value is -1.66. The third-order valence-electron chi connectivity index (χ3n) is 4.68. The van der Waals surface area contributed by atoms with E-state index in [1.165, 1.54) is 0 Å². The van der Waals surface area contributed by atoms with E-state index in [1.807, 2.05) is 24.3 Å². The minimum Gasteiger partial charge on any atom is -0.463 e. The topological polar surface area (TPSA) is 54.0 Å². The molecule has 6 heteroatoms. The van der Waals surface area contributed by atoms with Crippen molar-refractivity contribution in [1.29, 1.82) is 0 Å². The second-order valence-corrected chi connectivity index (χ2v) is 6.91. The monoisotopic (exact) mass is 378 g/mol. The summed E-state index contributed by atoms with van der Waals surface area (Å²) < 4.78 is 11.0. The first-order chi connectivity index (χ1) is 12.5. The number of hydrogen-bond acceptors (Lipinski definition) is 5. The number of halogens is 1. The van der Waals surface area contributed by atoms with Gasteiger partial charge in [-0.05, 0) is 43.0 Å². The first-order valence-electron chi connectivity index (χ1n) is 8.81. The SMILES string of the molecule is C=C(c1ccc(Cl)cc1)C1COC2(CCC(=CC(=O)OCC)CC2)OO1. The summed E-state index contributed by atoms with van der Waals surface area (Å²) in [5.41, 5.74) is 2.77. The third kappa shape index (κ3) is 4.54. The van der Waals surface area contributed by atoms with Gasteiger partial charge in [-0.25, -0.2) is 14.6 Å². The van der Waals surface area contributed by atoms with Crippen LogP contribution in [-0.4, -0.2) is 31.1 Å². The molecule has 2 aliphatic rings. The Morgan fingerprint density at radius 2 is 2.04 bits per heavy atom. The molecule has 1 unspecified atom stereocenters. The van der Waals surface area contributed by atoms with Crippen LogP contribution in [0.3, 0.4) is 0 Å². The summed E-state index contributed by atoms with van der Waals surface area (Å²) in [5.74, 6) is -1.04. The minimum atomic E-state index is -0.747. The number of rotatable bonds is 4. The first kappa shape index (κ1) is 19.1. The average Bonchev–Trinajstić information content (AvgIpc) is 2.65. The van der Waals surface area contributed by atoms with E-state index in [9.17, 15) is 4.79 Å². The normalized spacial score (nSPS) is 25.8. The molecule has 2 fully saturated rings. The van der Waals surface area contributed by atoms with E-state index in [0.717, 1.165) is 16.7 Å². The van der Waals surface area contributed by atoms with Crippen molar-refractivity contribution < 1.29 is 24.0 Å². The lowest BCUT2D eigenvalue weighted by molar-refractivity contribution is -0.482. The summed E-state index contributed by atoms with van der Waals surface area (Å²) in [5, 5.41) is 0.673. The van der Waals surface area contributed by atoms with Crippen molar-refractivity contribution in [1.82, 2.24) is 0 Å². The number of carbonyl (C=O) groups is 1. The van der Waals surface area contributed by atoms with E-state index < -0.39 is 5.79 Å². The van der Waals surface area contributed by atoms with Crippen LogP contribution in [0, 0.1) is 0 Å². The molecule has 26 heavy (non-hydrogen) atoms. The molecular formula is C20H23ClO5.